The molecule has 1 aromatic rings. The largest absolute Gasteiger partial charge is 0.474 e. The van der Waals surface area contributed by atoms with Gasteiger partial charge in [0, 0.05) is 0 Å². The molecule has 0 fully saturated rings. The molecule has 0 bridgehead atoms. The summed E-state index contributed by atoms with van der Waals surface area (Å²) in [5, 5.41) is 0.508. The highest BCUT2D eigenvalue weighted by Gasteiger charge is 2.14. The zero-order valence-electron chi connectivity index (χ0n) is 11.0. The van der Waals surface area contributed by atoms with E-state index in [0.717, 1.165) is 24.8 Å². The van der Waals surface area contributed by atoms with Crippen LogP contribution in [0.1, 0.15) is 46.1 Å². The van der Waals surface area contributed by atoms with Crippen LogP contribution >= 0.6 is 11.6 Å². The molecular weight excluding hydrogens is 236 g/mol. The van der Waals surface area contributed by atoms with E-state index in [1.54, 1.807) is 0 Å². The van der Waals surface area contributed by atoms with Crippen molar-refractivity contribution >= 4 is 11.6 Å². The van der Waals surface area contributed by atoms with E-state index < -0.39 is 0 Å². The first-order valence-corrected chi connectivity index (χ1v) is 6.58. The van der Waals surface area contributed by atoms with Crippen LogP contribution in [0.2, 0.25) is 5.15 Å². The third kappa shape index (κ3) is 4.50. The van der Waals surface area contributed by atoms with Crippen molar-refractivity contribution in [3.8, 4) is 5.88 Å². The minimum absolute atomic E-state index is 0.150. The Balaban J connectivity index is 2.79. The van der Waals surface area contributed by atoms with E-state index in [0.29, 0.717) is 17.0 Å². The highest BCUT2D eigenvalue weighted by Crippen LogP contribution is 2.25. The molecule has 0 amide bonds. The fourth-order valence-corrected chi connectivity index (χ4v) is 2.06. The van der Waals surface area contributed by atoms with Crippen LogP contribution in [0.4, 0.5) is 0 Å². The monoisotopic (exact) mass is 256 g/mol. The second-order valence-corrected chi connectivity index (χ2v) is 5.11. The number of nitrogens with zero attached hydrogens (tertiary/aromatic N) is 2. The van der Waals surface area contributed by atoms with Crippen LogP contribution in [0.3, 0.4) is 0 Å². The molecule has 3 nitrogen and oxygen atoms in total. The maximum atomic E-state index is 6.07. The average Bonchev–Trinajstić information content (AvgIpc) is 2.22. The summed E-state index contributed by atoms with van der Waals surface area (Å²) in [6.45, 7) is 8.52. The molecule has 96 valence electrons. The Hall–Kier alpha value is -0.830. The topological polar surface area (TPSA) is 35.0 Å². The number of aromatic nitrogens is 2. The van der Waals surface area contributed by atoms with Gasteiger partial charge in [-0.2, -0.15) is 0 Å². The van der Waals surface area contributed by atoms with Gasteiger partial charge < -0.3 is 4.74 Å². The van der Waals surface area contributed by atoms with Gasteiger partial charge in [0.15, 0.2) is 0 Å². The van der Waals surface area contributed by atoms with Crippen molar-refractivity contribution in [1.82, 2.24) is 9.97 Å². The SMILES string of the molecule is CCCc1c(Cl)ncnc1OC(C)CC(C)C. The molecular formula is C13H21ClN2O. The van der Waals surface area contributed by atoms with Crippen LogP contribution in [0.15, 0.2) is 6.33 Å². The van der Waals surface area contributed by atoms with Crippen LogP contribution in [-0.2, 0) is 6.42 Å². The lowest BCUT2D eigenvalue weighted by Gasteiger charge is -2.18. The summed E-state index contributed by atoms with van der Waals surface area (Å²) in [5.41, 5.74) is 0.923. The van der Waals surface area contributed by atoms with E-state index in [2.05, 4.69) is 37.7 Å². The van der Waals surface area contributed by atoms with E-state index in [-0.39, 0.29) is 6.10 Å². The van der Waals surface area contributed by atoms with Crippen LogP contribution in [0, 0.1) is 5.92 Å². The summed E-state index contributed by atoms with van der Waals surface area (Å²) in [5.74, 6) is 1.25. The second-order valence-electron chi connectivity index (χ2n) is 4.76. The van der Waals surface area contributed by atoms with Gasteiger partial charge >= 0.3 is 0 Å². The van der Waals surface area contributed by atoms with Crippen molar-refractivity contribution in [1.29, 1.82) is 0 Å². The molecule has 0 saturated carbocycles. The maximum Gasteiger partial charge on any atom is 0.221 e. The molecule has 0 aliphatic heterocycles. The Labute approximate surface area is 109 Å². The van der Waals surface area contributed by atoms with E-state index >= 15 is 0 Å². The van der Waals surface area contributed by atoms with Gasteiger partial charge in [-0.25, -0.2) is 9.97 Å². The summed E-state index contributed by atoms with van der Waals surface area (Å²) >= 11 is 6.07. The van der Waals surface area contributed by atoms with Crippen molar-refractivity contribution in [3.63, 3.8) is 0 Å². The first kappa shape index (κ1) is 14.2. The Bertz CT molecular complexity index is 355. The van der Waals surface area contributed by atoms with Gasteiger partial charge in [0.05, 0.1) is 11.7 Å². The van der Waals surface area contributed by atoms with Gasteiger partial charge in [-0.3, -0.25) is 0 Å². The molecule has 1 heterocycles. The molecule has 0 aliphatic rings. The maximum absolute atomic E-state index is 6.07. The third-order valence-electron chi connectivity index (χ3n) is 2.47. The fraction of sp³-hybridized carbons (Fsp3) is 0.692. The standard InChI is InChI=1S/C13H21ClN2O/c1-5-6-11-12(14)15-8-16-13(11)17-10(4)7-9(2)3/h8-10H,5-7H2,1-4H3. The number of ether oxygens (including phenoxy) is 1. The van der Waals surface area contributed by atoms with Gasteiger partial charge in [-0.1, -0.05) is 38.8 Å². The molecule has 0 radical (unpaired) electrons. The van der Waals surface area contributed by atoms with Crippen molar-refractivity contribution in [2.45, 2.75) is 53.1 Å². The Kier molecular flexibility index (Phi) is 5.69. The third-order valence-corrected chi connectivity index (χ3v) is 2.80. The second kappa shape index (κ2) is 6.80. The molecule has 0 aromatic carbocycles. The number of hydrogen-bond acceptors (Lipinski definition) is 3. The normalized spacial score (nSPS) is 12.8. The lowest BCUT2D eigenvalue weighted by molar-refractivity contribution is 0.183. The first-order chi connectivity index (χ1) is 8.04. The quantitative estimate of drug-likeness (QED) is 0.724. The molecule has 0 aliphatic carbocycles. The molecule has 1 atom stereocenters. The van der Waals surface area contributed by atoms with Gasteiger partial charge in [0.1, 0.15) is 11.5 Å². The van der Waals surface area contributed by atoms with Crippen molar-refractivity contribution in [3.05, 3.63) is 17.0 Å². The predicted octanol–water partition coefficient (Wildman–Crippen LogP) is 3.90. The van der Waals surface area contributed by atoms with E-state index in [1.807, 2.05) is 0 Å². The van der Waals surface area contributed by atoms with Crippen molar-refractivity contribution in [2.75, 3.05) is 0 Å². The fourth-order valence-electron chi connectivity index (χ4n) is 1.84. The minimum Gasteiger partial charge on any atom is -0.474 e. The van der Waals surface area contributed by atoms with Gasteiger partial charge in [-0.05, 0) is 25.7 Å². The van der Waals surface area contributed by atoms with Crippen LogP contribution in [-0.4, -0.2) is 16.1 Å². The zero-order chi connectivity index (χ0) is 12.8. The number of rotatable bonds is 6. The summed E-state index contributed by atoms with van der Waals surface area (Å²) < 4.78 is 5.85. The van der Waals surface area contributed by atoms with Crippen LogP contribution in [0.25, 0.3) is 0 Å². The smallest absolute Gasteiger partial charge is 0.221 e. The Morgan fingerprint density at radius 2 is 2.00 bits per heavy atom. The molecule has 0 N–H and O–H groups in total. The van der Waals surface area contributed by atoms with Crippen LogP contribution < -0.4 is 4.74 Å². The molecule has 4 heteroatoms. The molecule has 0 saturated heterocycles. The molecule has 1 aromatic heterocycles. The number of hydrogen-bond donors (Lipinski definition) is 0. The van der Waals surface area contributed by atoms with Crippen molar-refractivity contribution < 1.29 is 4.74 Å². The summed E-state index contributed by atoms with van der Waals surface area (Å²) in [7, 11) is 0. The number of halogens is 1. The zero-order valence-corrected chi connectivity index (χ0v) is 11.8. The Morgan fingerprint density at radius 1 is 1.29 bits per heavy atom. The van der Waals surface area contributed by atoms with Gasteiger partial charge in [-0.15, -0.1) is 0 Å². The summed E-state index contributed by atoms with van der Waals surface area (Å²) in [4.78, 5) is 8.19. The van der Waals surface area contributed by atoms with E-state index in [4.69, 9.17) is 16.3 Å². The molecule has 0 spiro atoms. The van der Waals surface area contributed by atoms with Gasteiger partial charge in [0.25, 0.3) is 0 Å². The highest BCUT2D eigenvalue weighted by molar-refractivity contribution is 6.30. The average molecular weight is 257 g/mol. The minimum atomic E-state index is 0.150. The van der Waals surface area contributed by atoms with E-state index in [9.17, 15) is 0 Å². The van der Waals surface area contributed by atoms with E-state index in [1.165, 1.54) is 6.33 Å². The Morgan fingerprint density at radius 3 is 2.59 bits per heavy atom. The molecule has 1 unspecified atom stereocenters. The predicted molar refractivity (Wildman–Crippen MR) is 70.6 cm³/mol. The summed E-state index contributed by atoms with van der Waals surface area (Å²) in [6, 6.07) is 0. The van der Waals surface area contributed by atoms with Crippen LogP contribution in [0.5, 0.6) is 5.88 Å². The first-order valence-electron chi connectivity index (χ1n) is 6.20. The van der Waals surface area contributed by atoms with Crippen molar-refractivity contribution in [2.24, 2.45) is 5.92 Å². The lowest BCUT2D eigenvalue weighted by atomic mass is 10.1. The highest BCUT2D eigenvalue weighted by atomic mass is 35.5. The van der Waals surface area contributed by atoms with Gasteiger partial charge in [0.2, 0.25) is 5.88 Å². The lowest BCUT2D eigenvalue weighted by Crippen LogP contribution is -2.16. The molecule has 17 heavy (non-hydrogen) atoms. The summed E-state index contributed by atoms with van der Waals surface area (Å²) in [6.07, 6.45) is 4.47. The molecule has 1 rings (SSSR count).